The van der Waals surface area contributed by atoms with Gasteiger partial charge < -0.3 is 23.7 Å². The lowest BCUT2D eigenvalue weighted by molar-refractivity contribution is -0.165. The predicted octanol–water partition coefficient (Wildman–Crippen LogP) is 7.14. The van der Waals surface area contributed by atoms with Gasteiger partial charge in [0.25, 0.3) is 0 Å². The van der Waals surface area contributed by atoms with E-state index < -0.39 is 35.4 Å². The molecule has 54 heavy (non-hydrogen) atoms. The third-order valence-corrected chi connectivity index (χ3v) is 12.9. The van der Waals surface area contributed by atoms with Crippen molar-refractivity contribution in [2.45, 2.75) is 144 Å². The fourth-order valence-electron chi connectivity index (χ4n) is 10.4. The number of ketones is 1. The molecular formula is C43H58O11. The number of allylic oxidation sites excluding steroid dienone is 1. The van der Waals surface area contributed by atoms with Crippen molar-refractivity contribution in [1.29, 1.82) is 0 Å². The molecule has 0 amide bonds. The van der Waals surface area contributed by atoms with Crippen molar-refractivity contribution in [2.24, 2.45) is 28.6 Å². The van der Waals surface area contributed by atoms with E-state index in [0.29, 0.717) is 35.5 Å². The summed E-state index contributed by atoms with van der Waals surface area (Å²) >= 11 is 0. The Bertz CT molecular complexity index is 1670. The zero-order chi connectivity index (χ0) is 39.6. The number of rotatable bonds is 13. The van der Waals surface area contributed by atoms with Gasteiger partial charge in [-0.15, -0.1) is 0 Å². The normalized spacial score (nSPS) is 27.5. The molecule has 0 bridgehead atoms. The highest BCUT2D eigenvalue weighted by Crippen LogP contribution is 2.65. The number of esters is 5. The van der Waals surface area contributed by atoms with Gasteiger partial charge in [0, 0.05) is 36.7 Å². The summed E-state index contributed by atoms with van der Waals surface area (Å²) in [4.78, 5) is 74.2. The maximum absolute atomic E-state index is 13.8. The Kier molecular flexibility index (Phi) is 12.5. The van der Waals surface area contributed by atoms with Crippen LogP contribution in [0.2, 0.25) is 0 Å². The maximum atomic E-state index is 13.8. The van der Waals surface area contributed by atoms with E-state index in [1.807, 2.05) is 39.8 Å². The Morgan fingerprint density at radius 3 is 2.17 bits per heavy atom. The highest BCUT2D eigenvalue weighted by Gasteiger charge is 2.60. The summed E-state index contributed by atoms with van der Waals surface area (Å²) in [5, 5.41) is 0. The number of hydrogen-bond donors (Lipinski definition) is 0. The second-order valence-electron chi connectivity index (χ2n) is 17.3. The third-order valence-electron chi connectivity index (χ3n) is 12.9. The topological polar surface area (TPSA) is 149 Å². The van der Waals surface area contributed by atoms with Crippen LogP contribution in [0.4, 0.5) is 0 Å². The SMILES string of the molecule is CC(=O)OCC(COC(C)=O)OC(=O)CCC(=O)Oc1cc(C)cc(C)c1C(C)(C)CC(=O)O[C@H]1CC[C@H]2[C@@H]3CCC4=CC(=O)CC[C@]4(C)[C@H]3CC[C@]12C. The molecule has 6 atom stereocenters. The molecule has 0 saturated heterocycles. The highest BCUT2D eigenvalue weighted by atomic mass is 16.6. The van der Waals surface area contributed by atoms with E-state index in [0.717, 1.165) is 56.1 Å². The minimum atomic E-state index is -1.02. The quantitative estimate of drug-likeness (QED) is 0.115. The molecule has 3 saturated carbocycles. The summed E-state index contributed by atoms with van der Waals surface area (Å²) < 4.78 is 27.3. The first-order chi connectivity index (χ1) is 25.3. The average molecular weight is 751 g/mol. The molecule has 11 nitrogen and oxygen atoms in total. The van der Waals surface area contributed by atoms with E-state index in [1.165, 1.54) is 19.4 Å². The summed E-state index contributed by atoms with van der Waals surface area (Å²) in [6.07, 6.45) is 7.85. The largest absolute Gasteiger partial charge is 0.462 e. The Balaban J connectivity index is 1.20. The molecule has 0 aromatic heterocycles. The fourth-order valence-corrected chi connectivity index (χ4v) is 10.4. The van der Waals surface area contributed by atoms with Crippen molar-refractivity contribution in [3.05, 3.63) is 40.5 Å². The summed E-state index contributed by atoms with van der Waals surface area (Å²) in [5.74, 6) is -0.665. The van der Waals surface area contributed by atoms with Crippen LogP contribution in [0.5, 0.6) is 5.75 Å². The number of carbonyl (C=O) groups is 6. The fraction of sp³-hybridized carbons (Fsp3) is 0.674. The second-order valence-corrected chi connectivity index (χ2v) is 17.3. The second kappa shape index (κ2) is 16.4. The van der Waals surface area contributed by atoms with Crippen molar-refractivity contribution in [1.82, 2.24) is 0 Å². The molecule has 0 unspecified atom stereocenters. The number of ether oxygens (including phenoxy) is 5. The first-order valence-electron chi connectivity index (χ1n) is 19.5. The molecule has 4 aliphatic carbocycles. The number of fused-ring (bicyclic) bond motifs is 5. The minimum absolute atomic E-state index is 0.0867. The Morgan fingerprint density at radius 1 is 0.833 bits per heavy atom. The van der Waals surface area contributed by atoms with Gasteiger partial charge in [0.05, 0.1) is 19.3 Å². The van der Waals surface area contributed by atoms with Crippen LogP contribution < -0.4 is 4.74 Å². The number of aryl methyl sites for hydroxylation is 2. The molecular weight excluding hydrogens is 692 g/mol. The lowest BCUT2D eigenvalue weighted by Crippen LogP contribution is -2.51. The highest BCUT2D eigenvalue weighted by molar-refractivity contribution is 5.91. The standard InChI is InChI=1S/C43H58O11/c1-25-19-26(2)40(35(20-25)53-38(48)14-13-37(47)52-31(23-50-27(3)44)24-51-28(4)45)41(5,6)22-39(49)54-36-12-11-33-32-10-9-29-21-30(46)15-17-42(29,7)34(32)16-18-43(33,36)8/h19-21,31-34,36H,9-18,22-24H2,1-8H3/t32-,33-,34-,36-,42-,43-/m0/s1. The zero-order valence-corrected chi connectivity index (χ0v) is 33.3. The van der Waals surface area contributed by atoms with Crippen molar-refractivity contribution in [3.8, 4) is 5.75 Å². The van der Waals surface area contributed by atoms with Crippen molar-refractivity contribution in [3.63, 3.8) is 0 Å². The zero-order valence-electron chi connectivity index (χ0n) is 33.3. The molecule has 3 fully saturated rings. The molecule has 5 rings (SSSR count). The first-order valence-corrected chi connectivity index (χ1v) is 19.5. The Labute approximate surface area is 319 Å². The molecule has 0 aliphatic heterocycles. The van der Waals surface area contributed by atoms with E-state index in [2.05, 4.69) is 13.8 Å². The molecule has 4 aliphatic rings. The van der Waals surface area contributed by atoms with Crippen LogP contribution in [0.1, 0.15) is 129 Å². The molecule has 296 valence electrons. The van der Waals surface area contributed by atoms with E-state index in [4.69, 9.17) is 23.7 Å². The summed E-state index contributed by atoms with van der Waals surface area (Å²) in [6.45, 7) is 14.2. The van der Waals surface area contributed by atoms with Crippen LogP contribution in [-0.4, -0.2) is 61.1 Å². The first kappa shape index (κ1) is 41.1. The molecule has 1 aromatic rings. The van der Waals surface area contributed by atoms with E-state index in [1.54, 1.807) is 6.07 Å². The van der Waals surface area contributed by atoms with Gasteiger partial charge >= 0.3 is 29.8 Å². The number of carbonyl (C=O) groups excluding carboxylic acids is 6. The van der Waals surface area contributed by atoms with Gasteiger partial charge in [-0.1, -0.05) is 39.3 Å². The summed E-state index contributed by atoms with van der Waals surface area (Å²) in [6, 6.07) is 3.74. The van der Waals surface area contributed by atoms with Gasteiger partial charge in [-0.2, -0.15) is 0 Å². The van der Waals surface area contributed by atoms with E-state index in [-0.39, 0.29) is 61.2 Å². The smallest absolute Gasteiger partial charge is 0.311 e. The van der Waals surface area contributed by atoms with Gasteiger partial charge in [0.2, 0.25) is 0 Å². The minimum Gasteiger partial charge on any atom is -0.462 e. The van der Waals surface area contributed by atoms with E-state index in [9.17, 15) is 28.8 Å². The summed E-state index contributed by atoms with van der Waals surface area (Å²) in [7, 11) is 0. The lowest BCUT2D eigenvalue weighted by Gasteiger charge is -2.57. The molecule has 0 spiro atoms. The van der Waals surface area contributed by atoms with Gasteiger partial charge in [-0.05, 0) is 105 Å². The Hall–Kier alpha value is -4.02. The van der Waals surface area contributed by atoms with Crippen molar-refractivity contribution in [2.75, 3.05) is 13.2 Å². The predicted molar refractivity (Wildman–Crippen MR) is 198 cm³/mol. The molecule has 11 heteroatoms. The monoisotopic (exact) mass is 750 g/mol. The number of benzene rings is 1. The average Bonchev–Trinajstić information content (AvgIpc) is 3.39. The van der Waals surface area contributed by atoms with Gasteiger partial charge in [-0.25, -0.2) is 0 Å². The molecule has 0 heterocycles. The third kappa shape index (κ3) is 9.08. The molecule has 0 N–H and O–H groups in total. The molecule has 0 radical (unpaired) electrons. The lowest BCUT2D eigenvalue weighted by atomic mass is 9.47. The van der Waals surface area contributed by atoms with Gasteiger partial charge in [0.15, 0.2) is 11.9 Å². The van der Waals surface area contributed by atoms with Crippen LogP contribution >= 0.6 is 0 Å². The van der Waals surface area contributed by atoms with Gasteiger partial charge in [-0.3, -0.25) is 28.8 Å². The Morgan fingerprint density at radius 2 is 1.50 bits per heavy atom. The van der Waals surface area contributed by atoms with Crippen LogP contribution in [0.25, 0.3) is 0 Å². The maximum Gasteiger partial charge on any atom is 0.311 e. The van der Waals surface area contributed by atoms with Crippen LogP contribution in [0, 0.1) is 42.4 Å². The van der Waals surface area contributed by atoms with Crippen LogP contribution in [0.3, 0.4) is 0 Å². The van der Waals surface area contributed by atoms with Gasteiger partial charge in [0.1, 0.15) is 25.1 Å². The van der Waals surface area contributed by atoms with Crippen LogP contribution in [0.15, 0.2) is 23.8 Å². The summed E-state index contributed by atoms with van der Waals surface area (Å²) in [5.41, 5.74) is 3.05. The van der Waals surface area contributed by atoms with Crippen molar-refractivity contribution < 1.29 is 52.5 Å². The molecule has 1 aromatic carbocycles. The van der Waals surface area contributed by atoms with E-state index >= 15 is 0 Å². The number of hydrogen-bond acceptors (Lipinski definition) is 11. The van der Waals surface area contributed by atoms with Crippen LogP contribution in [-0.2, 0) is 53.1 Å². The van der Waals surface area contributed by atoms with Crippen molar-refractivity contribution >= 4 is 35.6 Å².